The molecule has 0 aliphatic heterocycles. The Kier molecular flexibility index (Phi) is 2.86. The molecule has 3 rings (SSSR count). The average Bonchev–Trinajstić information content (AvgIpc) is 2.90. The minimum atomic E-state index is 0.0698. The molecule has 1 aliphatic carbocycles. The summed E-state index contributed by atoms with van der Waals surface area (Å²) in [7, 11) is 0. The normalized spacial score (nSPS) is 17.5. The third-order valence-corrected chi connectivity index (χ3v) is 4.56. The summed E-state index contributed by atoms with van der Waals surface area (Å²) in [6.45, 7) is 7.26. The van der Waals surface area contributed by atoms with E-state index in [2.05, 4.69) is 30.3 Å². The molecule has 0 amide bonds. The first-order valence-corrected chi connectivity index (χ1v) is 7.44. The first kappa shape index (κ1) is 12.6. The van der Waals surface area contributed by atoms with Gasteiger partial charge in [0.1, 0.15) is 0 Å². The molecule has 0 saturated carbocycles. The van der Waals surface area contributed by atoms with Gasteiger partial charge in [-0.3, -0.25) is 9.78 Å². The lowest BCUT2D eigenvalue weighted by molar-refractivity contribution is 0.0910. The zero-order chi connectivity index (χ0) is 13.6. The third-order valence-electron chi connectivity index (χ3n) is 3.80. The summed E-state index contributed by atoms with van der Waals surface area (Å²) in [5, 5.41) is 0. The van der Waals surface area contributed by atoms with Crippen LogP contribution in [0.5, 0.6) is 0 Å². The van der Waals surface area contributed by atoms with Crippen molar-refractivity contribution in [1.82, 2.24) is 9.55 Å². The van der Waals surface area contributed by atoms with Crippen LogP contribution in [0.25, 0.3) is 0 Å². The maximum Gasteiger partial charge on any atom is 0.165 e. The third kappa shape index (κ3) is 2.25. The molecule has 0 N–H and O–H groups in total. The van der Waals surface area contributed by atoms with E-state index < -0.39 is 0 Å². The maximum atomic E-state index is 12.2. The highest BCUT2D eigenvalue weighted by molar-refractivity contribution is 7.09. The smallest absolute Gasteiger partial charge is 0.165 e. The highest BCUT2D eigenvalue weighted by Gasteiger charge is 2.33. The van der Waals surface area contributed by atoms with Crippen LogP contribution in [0.3, 0.4) is 0 Å². The molecule has 1 aliphatic rings. The van der Waals surface area contributed by atoms with Crippen LogP contribution in [0.2, 0.25) is 0 Å². The molecule has 0 unspecified atom stereocenters. The SMILES string of the molecule is Cc1cc2c(n1Cc1cncs1)CC(C)(C)CC2=O. The predicted molar refractivity (Wildman–Crippen MR) is 76.8 cm³/mol. The summed E-state index contributed by atoms with van der Waals surface area (Å²) >= 11 is 1.66. The molecule has 0 fully saturated rings. The van der Waals surface area contributed by atoms with Crippen LogP contribution in [-0.2, 0) is 13.0 Å². The Morgan fingerprint density at radius 1 is 1.42 bits per heavy atom. The first-order chi connectivity index (χ1) is 8.96. The highest BCUT2D eigenvalue weighted by atomic mass is 32.1. The molecule has 4 heteroatoms. The number of Topliss-reactive ketones (excluding diaryl/α,β-unsaturated/α-hetero) is 1. The molecule has 2 aromatic heterocycles. The van der Waals surface area contributed by atoms with Crippen LogP contribution < -0.4 is 0 Å². The molecule has 0 aromatic carbocycles. The van der Waals surface area contributed by atoms with Gasteiger partial charge in [0.25, 0.3) is 0 Å². The second-order valence-corrected chi connectivity index (χ2v) is 7.11. The van der Waals surface area contributed by atoms with Crippen molar-refractivity contribution in [1.29, 1.82) is 0 Å². The van der Waals surface area contributed by atoms with Crippen LogP contribution in [0.1, 0.15) is 46.9 Å². The zero-order valence-electron chi connectivity index (χ0n) is 11.6. The summed E-state index contributed by atoms with van der Waals surface area (Å²) in [5.41, 5.74) is 5.23. The van der Waals surface area contributed by atoms with Crippen LogP contribution in [0.15, 0.2) is 17.8 Å². The van der Waals surface area contributed by atoms with Crippen molar-refractivity contribution in [3.63, 3.8) is 0 Å². The Balaban J connectivity index is 2.04. The second kappa shape index (κ2) is 4.30. The van der Waals surface area contributed by atoms with Crippen molar-refractivity contribution in [3.8, 4) is 0 Å². The van der Waals surface area contributed by atoms with E-state index in [1.807, 2.05) is 17.8 Å². The van der Waals surface area contributed by atoms with E-state index in [1.165, 1.54) is 16.3 Å². The summed E-state index contributed by atoms with van der Waals surface area (Å²) in [4.78, 5) is 17.6. The average molecular weight is 274 g/mol. The Morgan fingerprint density at radius 3 is 2.89 bits per heavy atom. The van der Waals surface area contributed by atoms with E-state index in [4.69, 9.17) is 0 Å². The van der Waals surface area contributed by atoms with E-state index in [1.54, 1.807) is 11.3 Å². The number of carbonyl (C=O) groups is 1. The minimum Gasteiger partial charge on any atom is -0.343 e. The fourth-order valence-electron chi connectivity index (χ4n) is 2.90. The Hall–Kier alpha value is -1.42. The lowest BCUT2D eigenvalue weighted by Crippen LogP contribution is -2.28. The lowest BCUT2D eigenvalue weighted by Gasteiger charge is -2.29. The van der Waals surface area contributed by atoms with Gasteiger partial charge in [-0.15, -0.1) is 11.3 Å². The second-order valence-electron chi connectivity index (χ2n) is 6.14. The molecule has 0 saturated heterocycles. The number of ketones is 1. The molecule has 2 heterocycles. The highest BCUT2D eigenvalue weighted by Crippen LogP contribution is 2.36. The van der Waals surface area contributed by atoms with Crippen molar-refractivity contribution >= 4 is 17.1 Å². The fraction of sp³-hybridized carbons (Fsp3) is 0.467. The first-order valence-electron chi connectivity index (χ1n) is 6.56. The van der Waals surface area contributed by atoms with Gasteiger partial charge in [-0.25, -0.2) is 0 Å². The largest absolute Gasteiger partial charge is 0.343 e. The predicted octanol–water partition coefficient (Wildman–Crippen LogP) is 3.46. The van der Waals surface area contributed by atoms with E-state index in [0.717, 1.165) is 18.5 Å². The van der Waals surface area contributed by atoms with Gasteiger partial charge in [0, 0.05) is 34.4 Å². The van der Waals surface area contributed by atoms with E-state index in [9.17, 15) is 4.79 Å². The van der Waals surface area contributed by atoms with Gasteiger partial charge < -0.3 is 4.57 Å². The van der Waals surface area contributed by atoms with Crippen LogP contribution in [0, 0.1) is 12.3 Å². The number of aromatic nitrogens is 2. The molecule has 0 spiro atoms. The Labute approximate surface area is 117 Å². The molecule has 3 nitrogen and oxygen atoms in total. The number of thiazole rings is 1. The monoisotopic (exact) mass is 274 g/mol. The zero-order valence-corrected chi connectivity index (χ0v) is 12.4. The minimum absolute atomic E-state index is 0.0698. The van der Waals surface area contributed by atoms with E-state index in [0.29, 0.717) is 6.42 Å². The standard InChI is InChI=1S/C15H18N2OS/c1-10-4-12-13(5-15(2,3)6-14(12)18)17(10)8-11-7-16-9-19-11/h4,7,9H,5-6,8H2,1-3H3. The lowest BCUT2D eigenvalue weighted by atomic mass is 9.76. The summed E-state index contributed by atoms with van der Waals surface area (Å²) < 4.78 is 2.28. The molecule has 0 bridgehead atoms. The van der Waals surface area contributed by atoms with E-state index >= 15 is 0 Å². The Bertz CT molecular complexity index is 623. The van der Waals surface area contributed by atoms with Crippen molar-refractivity contribution < 1.29 is 4.79 Å². The number of carbonyl (C=O) groups excluding carboxylic acids is 1. The number of hydrogen-bond acceptors (Lipinski definition) is 3. The fourth-order valence-corrected chi connectivity index (χ4v) is 3.48. The van der Waals surface area contributed by atoms with Crippen molar-refractivity contribution in [2.75, 3.05) is 0 Å². The van der Waals surface area contributed by atoms with Gasteiger partial charge in [-0.1, -0.05) is 13.8 Å². The number of aryl methyl sites for hydroxylation is 1. The van der Waals surface area contributed by atoms with Crippen molar-refractivity contribution in [3.05, 3.63) is 39.6 Å². The number of nitrogens with zero attached hydrogens (tertiary/aromatic N) is 2. The molecule has 0 atom stereocenters. The summed E-state index contributed by atoms with van der Waals surface area (Å²) in [6, 6.07) is 2.05. The van der Waals surface area contributed by atoms with Gasteiger partial charge in [0.2, 0.25) is 0 Å². The molecule has 19 heavy (non-hydrogen) atoms. The van der Waals surface area contributed by atoms with Crippen molar-refractivity contribution in [2.24, 2.45) is 5.41 Å². The molecule has 0 radical (unpaired) electrons. The summed E-state index contributed by atoms with van der Waals surface area (Å²) in [5.74, 6) is 0.289. The molecule has 2 aromatic rings. The molecular formula is C15H18N2OS. The van der Waals surface area contributed by atoms with Gasteiger partial charge >= 0.3 is 0 Å². The van der Waals surface area contributed by atoms with Crippen LogP contribution >= 0.6 is 11.3 Å². The van der Waals surface area contributed by atoms with Gasteiger partial charge in [0.05, 0.1) is 12.1 Å². The quantitative estimate of drug-likeness (QED) is 0.840. The number of rotatable bonds is 2. The molecule has 100 valence electrons. The van der Waals surface area contributed by atoms with Crippen LogP contribution in [-0.4, -0.2) is 15.3 Å². The van der Waals surface area contributed by atoms with Crippen LogP contribution in [0.4, 0.5) is 0 Å². The Morgan fingerprint density at radius 2 is 2.21 bits per heavy atom. The van der Waals surface area contributed by atoms with Gasteiger partial charge in [-0.05, 0) is 24.8 Å². The molecular weight excluding hydrogens is 256 g/mol. The topological polar surface area (TPSA) is 34.9 Å². The number of hydrogen-bond donors (Lipinski definition) is 0. The van der Waals surface area contributed by atoms with Gasteiger partial charge in [0.15, 0.2) is 5.78 Å². The maximum absolute atomic E-state index is 12.2. The van der Waals surface area contributed by atoms with Crippen molar-refractivity contribution in [2.45, 2.75) is 40.2 Å². The van der Waals surface area contributed by atoms with Gasteiger partial charge in [-0.2, -0.15) is 0 Å². The van der Waals surface area contributed by atoms with E-state index in [-0.39, 0.29) is 11.2 Å². The summed E-state index contributed by atoms with van der Waals surface area (Å²) in [6.07, 6.45) is 3.54. The number of fused-ring (bicyclic) bond motifs is 1.